The van der Waals surface area contributed by atoms with Crippen LogP contribution in [0.15, 0.2) is 49.2 Å². The van der Waals surface area contributed by atoms with Crippen molar-refractivity contribution in [2.24, 2.45) is 7.05 Å². The Kier molecular flexibility index (Phi) is 4.66. The first-order valence-electron chi connectivity index (χ1n) is 8.77. The molecular weight excluding hydrogens is 378 g/mol. The van der Waals surface area contributed by atoms with Gasteiger partial charge in [0, 0.05) is 36.1 Å². The Labute approximate surface area is 167 Å². The standard InChI is InChI=1S/C21H20ClN3OS/c1-4-21(26)25-11-18(16-9-20(22)27-19(16)12-25)15-8-6-5-7-14(15)17-10-24(3)23-13(17)2/h4-10,18H,1,11-12H2,2-3H3/t18-/m1/s1. The van der Waals surface area contributed by atoms with Crippen molar-refractivity contribution in [3.05, 3.63) is 75.2 Å². The summed E-state index contributed by atoms with van der Waals surface area (Å²) >= 11 is 7.88. The molecule has 27 heavy (non-hydrogen) atoms. The van der Waals surface area contributed by atoms with Gasteiger partial charge in [-0.2, -0.15) is 5.10 Å². The number of hydrogen-bond acceptors (Lipinski definition) is 3. The van der Waals surface area contributed by atoms with E-state index < -0.39 is 0 Å². The van der Waals surface area contributed by atoms with Crippen molar-refractivity contribution in [2.75, 3.05) is 6.54 Å². The average Bonchev–Trinajstić information content (AvgIpc) is 3.20. The zero-order valence-corrected chi connectivity index (χ0v) is 16.8. The normalized spacial score (nSPS) is 16.3. The van der Waals surface area contributed by atoms with E-state index in [9.17, 15) is 4.79 Å². The number of halogens is 1. The maximum Gasteiger partial charge on any atom is 0.246 e. The number of amides is 1. The van der Waals surface area contributed by atoms with E-state index in [0.717, 1.165) is 26.0 Å². The maximum absolute atomic E-state index is 12.3. The number of nitrogens with zero attached hydrogens (tertiary/aromatic N) is 3. The van der Waals surface area contributed by atoms with Crippen molar-refractivity contribution in [2.45, 2.75) is 19.4 Å². The summed E-state index contributed by atoms with van der Waals surface area (Å²) in [5.41, 5.74) is 5.65. The quantitative estimate of drug-likeness (QED) is 0.597. The van der Waals surface area contributed by atoms with Crippen molar-refractivity contribution in [3.63, 3.8) is 0 Å². The molecule has 4 nitrogen and oxygen atoms in total. The van der Waals surface area contributed by atoms with Gasteiger partial charge in [0.2, 0.25) is 5.91 Å². The molecule has 0 unspecified atom stereocenters. The van der Waals surface area contributed by atoms with Crippen LogP contribution in [0.4, 0.5) is 0 Å². The predicted octanol–water partition coefficient (Wildman–Crippen LogP) is 4.77. The first kappa shape index (κ1) is 18.0. The summed E-state index contributed by atoms with van der Waals surface area (Å²) in [6.07, 6.45) is 3.43. The van der Waals surface area contributed by atoms with Crippen LogP contribution in [0.2, 0.25) is 4.34 Å². The second-order valence-electron chi connectivity index (χ2n) is 6.79. The molecule has 6 heteroatoms. The van der Waals surface area contributed by atoms with Crippen LogP contribution in [0, 0.1) is 6.92 Å². The van der Waals surface area contributed by atoms with Gasteiger partial charge in [0.25, 0.3) is 0 Å². The molecule has 0 saturated carbocycles. The van der Waals surface area contributed by atoms with Crippen LogP contribution in [-0.2, 0) is 18.4 Å². The molecule has 4 rings (SSSR count). The smallest absolute Gasteiger partial charge is 0.246 e. The summed E-state index contributed by atoms with van der Waals surface area (Å²) in [5.74, 6) is 0.0161. The first-order chi connectivity index (χ1) is 13.0. The molecule has 1 aromatic carbocycles. The zero-order valence-electron chi connectivity index (χ0n) is 15.3. The van der Waals surface area contributed by atoms with Crippen molar-refractivity contribution >= 4 is 28.8 Å². The fourth-order valence-corrected chi connectivity index (χ4v) is 5.21. The minimum absolute atomic E-state index is 0.0507. The van der Waals surface area contributed by atoms with E-state index in [4.69, 9.17) is 11.6 Å². The third-order valence-corrected chi connectivity index (χ3v) is 6.32. The predicted molar refractivity (Wildman–Crippen MR) is 110 cm³/mol. The highest BCUT2D eigenvalue weighted by atomic mass is 35.5. The van der Waals surface area contributed by atoms with Crippen molar-refractivity contribution in [1.29, 1.82) is 0 Å². The first-order valence-corrected chi connectivity index (χ1v) is 9.96. The molecule has 0 spiro atoms. The lowest BCUT2D eigenvalue weighted by molar-refractivity contribution is -0.127. The van der Waals surface area contributed by atoms with Crippen LogP contribution in [-0.4, -0.2) is 27.1 Å². The van der Waals surface area contributed by atoms with Crippen LogP contribution < -0.4 is 0 Å². The highest BCUT2D eigenvalue weighted by Crippen LogP contribution is 2.43. The molecule has 1 atom stereocenters. The number of aryl methyl sites for hydroxylation is 2. The van der Waals surface area contributed by atoms with Crippen LogP contribution in [0.1, 0.15) is 27.6 Å². The van der Waals surface area contributed by atoms with E-state index in [1.165, 1.54) is 17.2 Å². The fourth-order valence-electron chi connectivity index (χ4n) is 3.86. The van der Waals surface area contributed by atoms with E-state index in [1.807, 2.05) is 41.9 Å². The number of fused-ring (bicyclic) bond motifs is 1. The molecule has 2 aromatic heterocycles. The van der Waals surface area contributed by atoms with Gasteiger partial charge in [-0.3, -0.25) is 9.48 Å². The fraction of sp³-hybridized carbons (Fsp3) is 0.238. The molecule has 1 aliphatic heterocycles. The average molecular weight is 398 g/mol. The lowest BCUT2D eigenvalue weighted by Gasteiger charge is -2.33. The van der Waals surface area contributed by atoms with E-state index in [0.29, 0.717) is 13.1 Å². The summed E-state index contributed by atoms with van der Waals surface area (Å²) in [6, 6.07) is 10.4. The summed E-state index contributed by atoms with van der Waals surface area (Å²) < 4.78 is 2.59. The van der Waals surface area contributed by atoms with Gasteiger partial charge in [-0.25, -0.2) is 0 Å². The minimum Gasteiger partial charge on any atom is -0.333 e. The molecule has 3 aromatic rings. The summed E-state index contributed by atoms with van der Waals surface area (Å²) in [5, 5.41) is 4.50. The number of aromatic nitrogens is 2. The Balaban J connectivity index is 1.86. The Morgan fingerprint density at radius 3 is 2.81 bits per heavy atom. The number of benzene rings is 1. The third kappa shape index (κ3) is 3.22. The maximum atomic E-state index is 12.3. The van der Waals surface area contributed by atoms with E-state index >= 15 is 0 Å². The Morgan fingerprint density at radius 2 is 2.11 bits per heavy atom. The second-order valence-corrected chi connectivity index (χ2v) is 8.56. The molecule has 0 fully saturated rings. The van der Waals surface area contributed by atoms with Gasteiger partial charge in [0.1, 0.15) is 0 Å². The van der Waals surface area contributed by atoms with Crippen LogP contribution >= 0.6 is 22.9 Å². The van der Waals surface area contributed by atoms with Crippen molar-refractivity contribution < 1.29 is 4.79 Å². The number of carbonyl (C=O) groups is 1. The van der Waals surface area contributed by atoms with E-state index in [2.05, 4.69) is 29.9 Å². The highest BCUT2D eigenvalue weighted by molar-refractivity contribution is 7.16. The van der Waals surface area contributed by atoms with Gasteiger partial charge in [-0.05, 0) is 35.8 Å². The van der Waals surface area contributed by atoms with Gasteiger partial charge in [-0.15, -0.1) is 11.3 Å². The minimum atomic E-state index is -0.0507. The molecule has 0 aliphatic carbocycles. The topological polar surface area (TPSA) is 38.1 Å². The largest absolute Gasteiger partial charge is 0.333 e. The molecular formula is C21H20ClN3OS. The van der Waals surface area contributed by atoms with Gasteiger partial charge in [0.05, 0.1) is 16.6 Å². The highest BCUT2D eigenvalue weighted by Gasteiger charge is 2.32. The van der Waals surface area contributed by atoms with Crippen LogP contribution in [0.3, 0.4) is 0 Å². The van der Waals surface area contributed by atoms with Gasteiger partial charge < -0.3 is 4.90 Å². The molecule has 138 valence electrons. The Morgan fingerprint density at radius 1 is 1.33 bits per heavy atom. The summed E-state index contributed by atoms with van der Waals surface area (Å²) in [7, 11) is 1.93. The lowest BCUT2D eigenvalue weighted by atomic mass is 9.84. The summed E-state index contributed by atoms with van der Waals surface area (Å²) in [6.45, 7) is 6.87. The second kappa shape index (κ2) is 6.98. The van der Waals surface area contributed by atoms with Crippen LogP contribution in [0.25, 0.3) is 11.1 Å². The number of carbonyl (C=O) groups excluding carboxylic acids is 1. The zero-order chi connectivity index (χ0) is 19.1. The Bertz CT molecular complexity index is 1040. The Hall–Kier alpha value is -2.37. The van der Waals surface area contributed by atoms with Gasteiger partial charge in [0.15, 0.2) is 0 Å². The number of rotatable bonds is 3. The molecule has 0 radical (unpaired) electrons. The lowest BCUT2D eigenvalue weighted by Crippen LogP contribution is -2.37. The number of thiophene rings is 1. The summed E-state index contributed by atoms with van der Waals surface area (Å²) in [4.78, 5) is 15.3. The third-order valence-electron chi connectivity index (χ3n) is 5.05. The molecule has 1 aliphatic rings. The molecule has 3 heterocycles. The van der Waals surface area contributed by atoms with Crippen molar-refractivity contribution in [1.82, 2.24) is 14.7 Å². The van der Waals surface area contributed by atoms with Gasteiger partial charge >= 0.3 is 0 Å². The van der Waals surface area contributed by atoms with Crippen LogP contribution in [0.5, 0.6) is 0 Å². The number of hydrogen-bond donors (Lipinski definition) is 0. The molecule has 0 bridgehead atoms. The molecule has 0 N–H and O–H groups in total. The molecule has 0 saturated heterocycles. The monoisotopic (exact) mass is 397 g/mol. The van der Waals surface area contributed by atoms with Crippen molar-refractivity contribution in [3.8, 4) is 11.1 Å². The van der Waals surface area contributed by atoms with E-state index in [-0.39, 0.29) is 11.8 Å². The molecule has 1 amide bonds. The SMILES string of the molecule is C=CC(=O)N1Cc2sc(Cl)cc2[C@@H](c2ccccc2-c2cn(C)nc2C)C1. The van der Waals surface area contributed by atoms with Gasteiger partial charge in [-0.1, -0.05) is 42.4 Å². The van der Waals surface area contributed by atoms with E-state index in [1.54, 1.807) is 11.3 Å².